The van der Waals surface area contributed by atoms with Gasteiger partial charge in [-0.25, -0.2) is 9.80 Å². The Hall–Kier alpha value is -3.61. The van der Waals surface area contributed by atoms with Crippen molar-refractivity contribution >= 4 is 18.0 Å². The molecule has 41 heavy (non-hydrogen) atoms. The highest BCUT2D eigenvalue weighted by Crippen LogP contribution is 2.33. The van der Waals surface area contributed by atoms with E-state index in [0.29, 0.717) is 43.1 Å². The number of piperazine rings is 1. The Balaban J connectivity index is 1.25. The molecule has 0 aliphatic carbocycles. The fourth-order valence-corrected chi connectivity index (χ4v) is 5.35. The summed E-state index contributed by atoms with van der Waals surface area (Å²) in [6.07, 6.45) is 0.770. The SMILES string of the molecule is COCCN1CCN(Cc2ccc(-c3n[nH]c(-c4cccc(NC(=O)NN5CCOCC5)c4C=O)c3C)cc2)CC1. The lowest BCUT2D eigenvalue weighted by Gasteiger charge is -2.34. The van der Waals surface area contributed by atoms with Gasteiger partial charge in [0.05, 0.1) is 36.9 Å². The molecule has 218 valence electrons. The number of nitrogens with zero attached hydrogens (tertiary/aromatic N) is 4. The Bertz CT molecular complexity index is 1310. The average molecular weight is 562 g/mol. The first-order chi connectivity index (χ1) is 20.1. The molecular weight excluding hydrogens is 522 g/mol. The van der Waals surface area contributed by atoms with Crippen LogP contribution in [0, 0.1) is 6.92 Å². The Morgan fingerprint density at radius 1 is 1.05 bits per heavy atom. The highest BCUT2D eigenvalue weighted by atomic mass is 16.5. The lowest BCUT2D eigenvalue weighted by atomic mass is 9.98. The highest BCUT2D eigenvalue weighted by Gasteiger charge is 2.20. The van der Waals surface area contributed by atoms with E-state index in [1.165, 1.54) is 5.56 Å². The van der Waals surface area contributed by atoms with Crippen LogP contribution in [0.2, 0.25) is 0 Å². The molecule has 1 aromatic heterocycles. The molecular formula is C30H39N7O4. The number of carbonyl (C=O) groups excluding carboxylic acids is 2. The minimum atomic E-state index is -0.401. The number of anilines is 1. The third-order valence-corrected chi connectivity index (χ3v) is 7.73. The number of hydrogen-bond donors (Lipinski definition) is 3. The van der Waals surface area contributed by atoms with Crippen molar-refractivity contribution in [2.75, 3.05) is 78.1 Å². The van der Waals surface area contributed by atoms with Gasteiger partial charge in [-0.2, -0.15) is 5.10 Å². The van der Waals surface area contributed by atoms with E-state index in [4.69, 9.17) is 9.47 Å². The van der Waals surface area contributed by atoms with Gasteiger partial charge in [0.15, 0.2) is 6.29 Å². The van der Waals surface area contributed by atoms with E-state index in [1.807, 2.05) is 19.1 Å². The van der Waals surface area contributed by atoms with Crippen LogP contribution in [0.4, 0.5) is 10.5 Å². The molecule has 0 atom stereocenters. The first kappa shape index (κ1) is 28.9. The molecule has 0 radical (unpaired) electrons. The van der Waals surface area contributed by atoms with E-state index in [0.717, 1.165) is 74.7 Å². The molecule has 2 aliphatic heterocycles. The van der Waals surface area contributed by atoms with Crippen LogP contribution >= 0.6 is 0 Å². The minimum Gasteiger partial charge on any atom is -0.383 e. The van der Waals surface area contributed by atoms with Crippen molar-refractivity contribution in [3.05, 3.63) is 59.2 Å². The lowest BCUT2D eigenvalue weighted by Crippen LogP contribution is -2.49. The number of nitrogens with one attached hydrogen (secondary N) is 3. The van der Waals surface area contributed by atoms with Crippen molar-refractivity contribution in [1.29, 1.82) is 0 Å². The fraction of sp³-hybridized carbons (Fsp3) is 0.433. The van der Waals surface area contributed by atoms with Gasteiger partial charge in [-0.3, -0.25) is 25.1 Å². The summed E-state index contributed by atoms with van der Waals surface area (Å²) in [5.74, 6) is 0. The van der Waals surface area contributed by atoms with E-state index in [1.54, 1.807) is 18.2 Å². The molecule has 0 saturated carbocycles. The molecule has 3 aromatic rings. The Kier molecular flexibility index (Phi) is 9.75. The number of H-pyrrole nitrogens is 1. The normalized spacial score (nSPS) is 16.9. The largest absolute Gasteiger partial charge is 0.383 e. The summed E-state index contributed by atoms with van der Waals surface area (Å²) in [6.45, 7) is 11.3. The number of amides is 2. The summed E-state index contributed by atoms with van der Waals surface area (Å²) in [6, 6.07) is 13.5. The summed E-state index contributed by atoms with van der Waals surface area (Å²) in [5, 5.41) is 12.3. The second-order valence-electron chi connectivity index (χ2n) is 10.4. The number of hydrazine groups is 1. The van der Waals surface area contributed by atoms with Crippen molar-refractivity contribution in [2.24, 2.45) is 0 Å². The number of aldehydes is 1. The molecule has 2 aromatic carbocycles. The summed E-state index contributed by atoms with van der Waals surface area (Å²) in [5.41, 5.74) is 9.10. The quantitative estimate of drug-likeness (QED) is 0.324. The van der Waals surface area contributed by atoms with Gasteiger partial charge in [0, 0.05) is 81.7 Å². The first-order valence-corrected chi connectivity index (χ1v) is 14.1. The molecule has 11 nitrogen and oxygen atoms in total. The van der Waals surface area contributed by atoms with Gasteiger partial charge in [-0.1, -0.05) is 36.4 Å². The van der Waals surface area contributed by atoms with Crippen molar-refractivity contribution < 1.29 is 19.1 Å². The number of morpholine rings is 1. The Labute approximate surface area is 240 Å². The molecule has 5 rings (SSSR count). The van der Waals surface area contributed by atoms with Crippen molar-refractivity contribution in [3.8, 4) is 22.5 Å². The van der Waals surface area contributed by atoms with Gasteiger partial charge in [0.2, 0.25) is 0 Å². The van der Waals surface area contributed by atoms with E-state index < -0.39 is 6.03 Å². The molecule has 3 N–H and O–H groups in total. The standard InChI is InChI=1S/C30H39N7O4/c1-22-28(24-8-6-23(7-9-24)20-36-12-10-35(11-13-36)14-17-40-2)32-33-29(22)25-4-3-5-27(26(25)21-38)31-30(39)34-37-15-18-41-19-16-37/h3-9,21H,10-20H2,1-2H3,(H,32,33)(H2,31,34,39). The van der Waals surface area contributed by atoms with Crippen LogP contribution in [-0.4, -0.2) is 110 Å². The monoisotopic (exact) mass is 561 g/mol. The number of rotatable bonds is 10. The topological polar surface area (TPSA) is 115 Å². The number of benzene rings is 2. The molecule has 0 spiro atoms. The van der Waals surface area contributed by atoms with Crippen molar-refractivity contribution in [2.45, 2.75) is 13.5 Å². The number of aromatic amines is 1. The maximum absolute atomic E-state index is 12.6. The van der Waals surface area contributed by atoms with Crippen molar-refractivity contribution in [3.63, 3.8) is 0 Å². The number of aromatic nitrogens is 2. The zero-order valence-corrected chi connectivity index (χ0v) is 23.8. The number of hydrogen-bond acceptors (Lipinski definition) is 8. The van der Waals surface area contributed by atoms with Gasteiger partial charge < -0.3 is 14.8 Å². The smallest absolute Gasteiger partial charge is 0.333 e. The maximum atomic E-state index is 12.6. The average Bonchev–Trinajstić information content (AvgIpc) is 3.38. The summed E-state index contributed by atoms with van der Waals surface area (Å²) < 4.78 is 10.5. The van der Waals surface area contributed by atoms with Crippen LogP contribution in [-0.2, 0) is 16.0 Å². The Morgan fingerprint density at radius 3 is 2.49 bits per heavy atom. The molecule has 2 aliphatic rings. The van der Waals surface area contributed by atoms with E-state index in [2.05, 4.69) is 55.0 Å². The maximum Gasteiger partial charge on any atom is 0.333 e. The van der Waals surface area contributed by atoms with Crippen LogP contribution in [0.3, 0.4) is 0 Å². The molecule has 3 heterocycles. The molecule has 0 unspecified atom stereocenters. The molecule has 0 bridgehead atoms. The minimum absolute atomic E-state index is 0.389. The van der Waals surface area contributed by atoms with E-state index >= 15 is 0 Å². The number of ether oxygens (including phenoxy) is 2. The first-order valence-electron chi connectivity index (χ1n) is 14.1. The molecule has 11 heteroatoms. The van der Waals surface area contributed by atoms with E-state index in [-0.39, 0.29) is 0 Å². The van der Waals surface area contributed by atoms with Gasteiger partial charge in [-0.05, 0) is 18.6 Å². The van der Waals surface area contributed by atoms with Crippen LogP contribution < -0.4 is 10.7 Å². The Morgan fingerprint density at radius 2 is 1.78 bits per heavy atom. The predicted octanol–water partition coefficient (Wildman–Crippen LogP) is 3.00. The third-order valence-electron chi connectivity index (χ3n) is 7.73. The van der Waals surface area contributed by atoms with Gasteiger partial charge >= 0.3 is 6.03 Å². The predicted molar refractivity (Wildman–Crippen MR) is 158 cm³/mol. The second kappa shape index (κ2) is 13.8. The van der Waals surface area contributed by atoms with Crippen LogP contribution in [0.15, 0.2) is 42.5 Å². The van der Waals surface area contributed by atoms with Gasteiger partial charge in [0.1, 0.15) is 0 Å². The zero-order chi connectivity index (χ0) is 28.6. The van der Waals surface area contributed by atoms with Crippen LogP contribution in [0.25, 0.3) is 22.5 Å². The molecule has 2 fully saturated rings. The second-order valence-corrected chi connectivity index (χ2v) is 10.4. The lowest BCUT2D eigenvalue weighted by molar-refractivity contribution is 0.0207. The highest BCUT2D eigenvalue weighted by molar-refractivity contribution is 6.00. The number of carbonyl (C=O) groups is 2. The summed E-state index contributed by atoms with van der Waals surface area (Å²) in [7, 11) is 1.75. The summed E-state index contributed by atoms with van der Waals surface area (Å²) in [4.78, 5) is 29.7. The number of methoxy groups -OCH3 is 1. The molecule has 2 saturated heterocycles. The van der Waals surface area contributed by atoms with Crippen LogP contribution in [0.5, 0.6) is 0 Å². The zero-order valence-electron chi connectivity index (χ0n) is 23.8. The van der Waals surface area contributed by atoms with Gasteiger partial charge in [-0.15, -0.1) is 0 Å². The fourth-order valence-electron chi connectivity index (χ4n) is 5.35. The third kappa shape index (κ3) is 7.19. The van der Waals surface area contributed by atoms with E-state index in [9.17, 15) is 9.59 Å². The van der Waals surface area contributed by atoms with Crippen LogP contribution in [0.1, 0.15) is 21.5 Å². The summed E-state index contributed by atoms with van der Waals surface area (Å²) >= 11 is 0. The van der Waals surface area contributed by atoms with Gasteiger partial charge in [0.25, 0.3) is 0 Å². The number of urea groups is 1. The molecule has 2 amide bonds. The van der Waals surface area contributed by atoms with Crippen molar-refractivity contribution in [1.82, 2.24) is 30.4 Å².